The van der Waals surface area contributed by atoms with Gasteiger partial charge >= 0.3 is 5.97 Å². The van der Waals surface area contributed by atoms with E-state index in [1.807, 2.05) is 6.07 Å². The van der Waals surface area contributed by atoms with E-state index in [-0.39, 0.29) is 23.3 Å². The van der Waals surface area contributed by atoms with Crippen LogP contribution in [0.4, 0.5) is 0 Å². The smallest absolute Gasteiger partial charge is 0.339 e. The van der Waals surface area contributed by atoms with Gasteiger partial charge in [0.25, 0.3) is 0 Å². The van der Waals surface area contributed by atoms with Gasteiger partial charge in [0.2, 0.25) is 0 Å². The van der Waals surface area contributed by atoms with Crippen molar-refractivity contribution < 1.29 is 14.3 Å². The molecule has 1 rings (SSSR count). The number of carbonyl (C=O) groups excluding carboxylic acids is 2. The summed E-state index contributed by atoms with van der Waals surface area (Å²) >= 11 is 3.14. The van der Waals surface area contributed by atoms with Gasteiger partial charge in [-0.1, -0.05) is 15.9 Å². The number of rotatable bonds is 3. The van der Waals surface area contributed by atoms with Crippen molar-refractivity contribution in [1.82, 2.24) is 0 Å². The molecule has 0 N–H and O–H groups in total. The first-order chi connectivity index (χ1) is 7.65. The maximum Gasteiger partial charge on any atom is 0.339 e. The number of aldehydes is 1. The second-order valence-corrected chi connectivity index (χ2v) is 3.69. The minimum Gasteiger partial charge on any atom is -0.462 e. The monoisotopic (exact) mass is 281 g/mol. The van der Waals surface area contributed by atoms with Crippen LogP contribution in [0.15, 0.2) is 16.6 Å². The molecular formula is C11H8BrNO3. The Bertz CT molecular complexity index is 477. The van der Waals surface area contributed by atoms with Gasteiger partial charge in [-0.2, -0.15) is 5.26 Å². The minimum atomic E-state index is -0.602. The summed E-state index contributed by atoms with van der Waals surface area (Å²) in [6.45, 7) is 1.89. The van der Waals surface area contributed by atoms with E-state index in [0.29, 0.717) is 10.8 Å². The van der Waals surface area contributed by atoms with Crippen LogP contribution in [0, 0.1) is 11.3 Å². The van der Waals surface area contributed by atoms with Crippen LogP contribution in [0.5, 0.6) is 0 Å². The summed E-state index contributed by atoms with van der Waals surface area (Å²) in [5.41, 5.74) is 0.297. The molecule has 0 heterocycles. The number of esters is 1. The molecule has 0 saturated heterocycles. The molecule has 4 nitrogen and oxygen atoms in total. The zero-order chi connectivity index (χ0) is 12.1. The SMILES string of the molecule is CCOC(=O)c1ccc(Br)c(C=O)c1C#N. The Morgan fingerprint density at radius 1 is 1.62 bits per heavy atom. The van der Waals surface area contributed by atoms with E-state index in [1.54, 1.807) is 6.92 Å². The van der Waals surface area contributed by atoms with Crippen LogP contribution >= 0.6 is 15.9 Å². The maximum atomic E-state index is 11.5. The van der Waals surface area contributed by atoms with Crippen LogP contribution in [0.25, 0.3) is 0 Å². The predicted octanol–water partition coefficient (Wildman–Crippen LogP) is 2.31. The van der Waals surface area contributed by atoms with Gasteiger partial charge in [-0.25, -0.2) is 4.79 Å². The zero-order valence-corrected chi connectivity index (χ0v) is 10.1. The minimum absolute atomic E-state index is 0.0304. The van der Waals surface area contributed by atoms with Gasteiger partial charge in [-0.05, 0) is 19.1 Å². The third kappa shape index (κ3) is 2.28. The highest BCUT2D eigenvalue weighted by atomic mass is 79.9. The molecule has 5 heteroatoms. The molecule has 16 heavy (non-hydrogen) atoms. The molecule has 1 aromatic rings. The molecule has 0 bridgehead atoms. The molecule has 0 aromatic heterocycles. The molecule has 0 aliphatic carbocycles. The Balaban J connectivity index is 3.37. The largest absolute Gasteiger partial charge is 0.462 e. The lowest BCUT2D eigenvalue weighted by Crippen LogP contribution is -2.09. The number of nitrogens with zero attached hydrogens (tertiary/aromatic N) is 1. The van der Waals surface area contributed by atoms with Gasteiger partial charge < -0.3 is 4.74 Å². The quantitative estimate of drug-likeness (QED) is 0.630. The molecule has 0 spiro atoms. The van der Waals surface area contributed by atoms with Crippen LogP contribution in [0.2, 0.25) is 0 Å². The van der Waals surface area contributed by atoms with E-state index in [0.717, 1.165) is 0 Å². The second kappa shape index (κ2) is 5.42. The van der Waals surface area contributed by atoms with Crippen molar-refractivity contribution in [3.63, 3.8) is 0 Å². The summed E-state index contributed by atoms with van der Waals surface area (Å²) in [6.07, 6.45) is 0.533. The van der Waals surface area contributed by atoms with Crippen molar-refractivity contribution in [2.75, 3.05) is 6.61 Å². The van der Waals surface area contributed by atoms with E-state index >= 15 is 0 Å². The summed E-state index contributed by atoms with van der Waals surface area (Å²) < 4.78 is 5.27. The number of benzene rings is 1. The summed E-state index contributed by atoms with van der Waals surface area (Å²) in [5, 5.41) is 8.93. The van der Waals surface area contributed by atoms with Crippen molar-refractivity contribution in [1.29, 1.82) is 5.26 Å². The number of carbonyl (C=O) groups is 2. The average Bonchev–Trinajstić information content (AvgIpc) is 2.28. The van der Waals surface area contributed by atoms with Crippen LogP contribution in [0.3, 0.4) is 0 Å². The van der Waals surface area contributed by atoms with E-state index < -0.39 is 5.97 Å². The standard InChI is InChI=1S/C11H8BrNO3/c1-2-16-11(15)7-3-4-10(12)9(6-14)8(7)5-13/h3-4,6H,2H2,1H3. The molecular weight excluding hydrogens is 274 g/mol. The van der Waals surface area contributed by atoms with E-state index in [2.05, 4.69) is 15.9 Å². The molecule has 0 unspecified atom stereocenters. The number of hydrogen-bond donors (Lipinski definition) is 0. The molecule has 0 amide bonds. The number of ether oxygens (including phenoxy) is 1. The first-order valence-corrected chi connectivity index (χ1v) is 5.29. The van der Waals surface area contributed by atoms with Gasteiger partial charge in [-0.15, -0.1) is 0 Å². The maximum absolute atomic E-state index is 11.5. The van der Waals surface area contributed by atoms with Crippen LogP contribution in [0.1, 0.15) is 33.2 Å². The van der Waals surface area contributed by atoms with Crippen LogP contribution in [-0.4, -0.2) is 18.9 Å². The summed E-state index contributed by atoms with van der Waals surface area (Å²) in [4.78, 5) is 22.3. The van der Waals surface area contributed by atoms with Gasteiger partial charge in [0.15, 0.2) is 6.29 Å². The Hall–Kier alpha value is -1.67. The van der Waals surface area contributed by atoms with Gasteiger partial charge in [0.1, 0.15) is 6.07 Å². The number of halogens is 1. The third-order valence-electron chi connectivity index (χ3n) is 1.92. The van der Waals surface area contributed by atoms with Gasteiger partial charge in [0, 0.05) is 10.0 Å². The third-order valence-corrected chi connectivity index (χ3v) is 2.61. The Morgan fingerprint density at radius 3 is 2.81 bits per heavy atom. The molecule has 0 fully saturated rings. The first-order valence-electron chi connectivity index (χ1n) is 4.50. The van der Waals surface area contributed by atoms with Crippen LogP contribution < -0.4 is 0 Å². The fourth-order valence-corrected chi connectivity index (χ4v) is 1.63. The molecule has 0 radical (unpaired) electrons. The van der Waals surface area contributed by atoms with Crippen molar-refractivity contribution in [3.8, 4) is 6.07 Å². The molecule has 1 aromatic carbocycles. The first kappa shape index (κ1) is 12.4. The van der Waals surface area contributed by atoms with Crippen molar-refractivity contribution in [3.05, 3.63) is 33.3 Å². The molecule has 0 aliphatic rings. The summed E-state index contributed by atoms with van der Waals surface area (Å²) in [7, 11) is 0. The Morgan fingerprint density at radius 2 is 2.31 bits per heavy atom. The molecule has 0 aliphatic heterocycles. The molecule has 0 saturated carbocycles. The Kier molecular flexibility index (Phi) is 4.20. The molecule has 82 valence electrons. The number of hydrogen-bond acceptors (Lipinski definition) is 4. The average molecular weight is 282 g/mol. The van der Waals surface area contributed by atoms with E-state index in [1.165, 1.54) is 12.1 Å². The van der Waals surface area contributed by atoms with Gasteiger partial charge in [0.05, 0.1) is 17.7 Å². The summed E-state index contributed by atoms with van der Waals surface area (Å²) in [5.74, 6) is -0.602. The fourth-order valence-electron chi connectivity index (χ4n) is 1.21. The van der Waals surface area contributed by atoms with Gasteiger partial charge in [-0.3, -0.25) is 4.79 Å². The van der Waals surface area contributed by atoms with E-state index in [4.69, 9.17) is 10.00 Å². The highest BCUT2D eigenvalue weighted by Crippen LogP contribution is 2.22. The van der Waals surface area contributed by atoms with E-state index in [9.17, 15) is 9.59 Å². The predicted molar refractivity (Wildman–Crippen MR) is 60.2 cm³/mol. The number of nitriles is 1. The highest BCUT2D eigenvalue weighted by Gasteiger charge is 2.17. The van der Waals surface area contributed by atoms with Crippen molar-refractivity contribution in [2.45, 2.75) is 6.92 Å². The topological polar surface area (TPSA) is 67.2 Å². The zero-order valence-electron chi connectivity index (χ0n) is 8.49. The Labute approximate surface area is 101 Å². The van der Waals surface area contributed by atoms with Crippen molar-refractivity contribution >= 4 is 28.2 Å². The van der Waals surface area contributed by atoms with Crippen LogP contribution in [-0.2, 0) is 4.74 Å². The fraction of sp³-hybridized carbons (Fsp3) is 0.182. The van der Waals surface area contributed by atoms with Crippen molar-refractivity contribution in [2.24, 2.45) is 0 Å². The lowest BCUT2D eigenvalue weighted by Gasteiger charge is -2.06. The lowest BCUT2D eigenvalue weighted by atomic mass is 10.0. The molecule has 0 atom stereocenters. The highest BCUT2D eigenvalue weighted by molar-refractivity contribution is 9.10. The normalized spacial score (nSPS) is 9.31. The summed E-state index contributed by atoms with van der Waals surface area (Å²) in [6, 6.07) is 4.82. The second-order valence-electron chi connectivity index (χ2n) is 2.83. The lowest BCUT2D eigenvalue weighted by molar-refractivity contribution is 0.0526.